The maximum Gasteiger partial charge on any atom is 0.387 e. The summed E-state index contributed by atoms with van der Waals surface area (Å²) in [5.74, 6) is -0.270. The van der Waals surface area contributed by atoms with Crippen LogP contribution < -0.4 is 9.30 Å². The Labute approximate surface area is 150 Å². The second-order valence-electron chi connectivity index (χ2n) is 5.31. The molecule has 0 bridgehead atoms. The highest BCUT2D eigenvalue weighted by atomic mass is 32.1. The van der Waals surface area contributed by atoms with Crippen molar-refractivity contribution in [3.8, 4) is 5.75 Å². The van der Waals surface area contributed by atoms with Gasteiger partial charge in [-0.25, -0.2) is 0 Å². The van der Waals surface area contributed by atoms with Crippen molar-refractivity contribution in [2.75, 3.05) is 6.54 Å². The average molecular weight is 364 g/mol. The Kier molecular flexibility index (Phi) is 6.52. The van der Waals surface area contributed by atoms with Gasteiger partial charge < -0.3 is 22.4 Å². The van der Waals surface area contributed by atoms with Crippen LogP contribution >= 0.6 is 0 Å². The van der Waals surface area contributed by atoms with Gasteiger partial charge in [0.25, 0.3) is 0 Å². The number of halogens is 2. The van der Waals surface area contributed by atoms with Gasteiger partial charge in [0, 0.05) is 23.7 Å². The molecule has 1 unspecified atom stereocenters. The van der Waals surface area contributed by atoms with Gasteiger partial charge in [-0.15, -0.1) is 0 Å². The van der Waals surface area contributed by atoms with Crippen LogP contribution in [-0.2, 0) is 12.6 Å². The van der Waals surface area contributed by atoms with Crippen LogP contribution in [-0.4, -0.2) is 24.0 Å². The van der Waals surface area contributed by atoms with Crippen molar-refractivity contribution in [2.45, 2.75) is 26.5 Å². The van der Waals surface area contributed by atoms with E-state index in [1.165, 1.54) is 24.3 Å². The lowest BCUT2D eigenvalue weighted by Gasteiger charge is -2.18. The summed E-state index contributed by atoms with van der Waals surface area (Å²) in [4.78, 5) is 17.1. The first-order valence-electron chi connectivity index (χ1n) is 7.70. The van der Waals surface area contributed by atoms with Gasteiger partial charge >= 0.3 is 6.61 Å². The molecule has 132 valence electrons. The number of carbonyl (C=O) groups is 1. The van der Waals surface area contributed by atoms with Crippen LogP contribution in [0.1, 0.15) is 28.9 Å². The molecule has 0 radical (unpaired) electrons. The second-order valence-corrected chi connectivity index (χ2v) is 5.73. The van der Waals surface area contributed by atoms with Gasteiger partial charge in [0.15, 0.2) is 12.4 Å². The molecular weight excluding hydrogens is 346 g/mol. The maximum atomic E-state index is 12.9. The smallest absolute Gasteiger partial charge is 0.387 e. The van der Waals surface area contributed by atoms with Crippen molar-refractivity contribution >= 4 is 23.5 Å². The minimum Gasteiger partial charge on any atom is -0.758 e. The van der Waals surface area contributed by atoms with Gasteiger partial charge in [0.05, 0.1) is 0 Å². The van der Waals surface area contributed by atoms with Crippen LogP contribution in [0.15, 0.2) is 53.8 Å². The zero-order valence-corrected chi connectivity index (χ0v) is 14.7. The molecule has 0 aliphatic heterocycles. The molecule has 0 amide bonds. The molecule has 1 heterocycles. The van der Waals surface area contributed by atoms with E-state index in [4.69, 9.17) is 12.6 Å². The number of Topliss-reactive ketones (excluding diaryl/α,β-unsaturated/α-hetero) is 1. The van der Waals surface area contributed by atoms with E-state index in [0.717, 1.165) is 5.56 Å². The second kappa shape index (κ2) is 8.62. The van der Waals surface area contributed by atoms with Crippen molar-refractivity contribution in [3.05, 3.63) is 59.9 Å². The SMILES string of the molecule is CCN=C([S-])C(C(=O)c1ccc(OC(F)F)cc1)[n+]1cccc(C)c1. The molecule has 25 heavy (non-hydrogen) atoms. The fourth-order valence-corrected chi connectivity index (χ4v) is 2.71. The van der Waals surface area contributed by atoms with E-state index in [-0.39, 0.29) is 16.6 Å². The summed E-state index contributed by atoms with van der Waals surface area (Å²) < 4.78 is 30.5. The first-order chi connectivity index (χ1) is 11.9. The number of hydrogen-bond donors (Lipinski definition) is 0. The highest BCUT2D eigenvalue weighted by Gasteiger charge is 2.28. The summed E-state index contributed by atoms with van der Waals surface area (Å²) in [6.45, 7) is 1.31. The molecule has 2 aromatic rings. The Morgan fingerprint density at radius 1 is 1.28 bits per heavy atom. The summed E-state index contributed by atoms with van der Waals surface area (Å²) in [7, 11) is 0. The van der Waals surface area contributed by atoms with E-state index >= 15 is 0 Å². The molecule has 2 rings (SSSR count). The number of hydrogen-bond acceptors (Lipinski definition) is 4. The Bertz CT molecular complexity index is 764. The van der Waals surface area contributed by atoms with Crippen LogP contribution in [0, 0.1) is 6.92 Å². The van der Waals surface area contributed by atoms with E-state index in [1.807, 2.05) is 32.2 Å². The van der Waals surface area contributed by atoms with E-state index in [2.05, 4.69) is 9.73 Å². The number of aromatic nitrogens is 1. The molecule has 1 atom stereocenters. The number of carbonyl (C=O) groups excluding carboxylic acids is 1. The number of nitrogens with zero attached hydrogens (tertiary/aromatic N) is 2. The summed E-state index contributed by atoms with van der Waals surface area (Å²) >= 11 is 5.33. The molecule has 1 aromatic carbocycles. The number of alkyl halides is 2. The van der Waals surface area contributed by atoms with Gasteiger partial charge in [-0.1, -0.05) is 0 Å². The van der Waals surface area contributed by atoms with Crippen molar-refractivity contribution in [1.82, 2.24) is 0 Å². The molecule has 0 saturated carbocycles. The lowest BCUT2D eigenvalue weighted by molar-refractivity contribution is -0.692. The molecular formula is C18H18F2N2O2S. The number of pyridine rings is 1. The summed E-state index contributed by atoms with van der Waals surface area (Å²) in [5.41, 5.74) is 1.31. The summed E-state index contributed by atoms with van der Waals surface area (Å²) in [6, 6.07) is 8.51. The van der Waals surface area contributed by atoms with E-state index in [9.17, 15) is 13.6 Å². The first-order valence-corrected chi connectivity index (χ1v) is 8.11. The molecule has 1 aromatic heterocycles. The molecule has 0 N–H and O–H groups in total. The lowest BCUT2D eigenvalue weighted by Crippen LogP contribution is -2.47. The highest BCUT2D eigenvalue weighted by Crippen LogP contribution is 2.18. The third kappa shape index (κ3) is 5.03. The normalized spacial score (nSPS) is 12.9. The van der Waals surface area contributed by atoms with Gasteiger partial charge in [0.2, 0.25) is 11.8 Å². The quantitative estimate of drug-likeness (QED) is 0.249. The van der Waals surface area contributed by atoms with Crippen LogP contribution in [0.25, 0.3) is 0 Å². The van der Waals surface area contributed by atoms with E-state index in [0.29, 0.717) is 12.1 Å². The zero-order valence-electron chi connectivity index (χ0n) is 13.9. The molecule has 7 heteroatoms. The third-order valence-electron chi connectivity index (χ3n) is 3.43. The first kappa shape index (κ1) is 18.9. The third-order valence-corrected chi connectivity index (χ3v) is 3.78. The van der Waals surface area contributed by atoms with Crippen LogP contribution in [0.2, 0.25) is 0 Å². The standard InChI is InChI=1S/C18H18F2N2O2S/c1-3-21-17(25)15(22-10-4-5-12(2)11-22)16(23)13-6-8-14(9-7-13)24-18(19)20/h4-11,15,18H,3H2,1-2H3. The van der Waals surface area contributed by atoms with Crippen LogP contribution in [0.3, 0.4) is 0 Å². The van der Waals surface area contributed by atoms with E-state index < -0.39 is 12.7 Å². The molecule has 0 spiro atoms. The van der Waals surface area contributed by atoms with Crippen molar-refractivity contribution < 1.29 is 22.9 Å². The number of benzene rings is 1. The van der Waals surface area contributed by atoms with Crippen LogP contribution in [0.4, 0.5) is 8.78 Å². The van der Waals surface area contributed by atoms with Crippen molar-refractivity contribution in [1.29, 1.82) is 0 Å². The Hall–Kier alpha value is -2.41. The predicted octanol–water partition coefficient (Wildman–Crippen LogP) is 3.27. The number of aryl methyl sites for hydroxylation is 1. The fourth-order valence-electron chi connectivity index (χ4n) is 2.35. The fraction of sp³-hybridized carbons (Fsp3) is 0.278. The average Bonchev–Trinajstić information content (AvgIpc) is 2.55. The molecule has 0 aliphatic rings. The number of aliphatic imine (C=N–C) groups is 1. The Balaban J connectivity index is 2.37. The highest BCUT2D eigenvalue weighted by molar-refractivity contribution is 7.77. The van der Waals surface area contributed by atoms with Gasteiger partial charge in [-0.2, -0.15) is 13.3 Å². The molecule has 4 nitrogen and oxygen atoms in total. The largest absolute Gasteiger partial charge is 0.758 e. The van der Waals surface area contributed by atoms with Crippen molar-refractivity contribution in [3.63, 3.8) is 0 Å². The van der Waals surface area contributed by atoms with Crippen LogP contribution in [0.5, 0.6) is 5.75 Å². The van der Waals surface area contributed by atoms with Gasteiger partial charge in [-0.3, -0.25) is 4.79 Å². The van der Waals surface area contributed by atoms with E-state index in [1.54, 1.807) is 10.8 Å². The molecule has 0 aliphatic carbocycles. The Morgan fingerprint density at radius 3 is 2.52 bits per heavy atom. The number of ketones is 1. The Morgan fingerprint density at radius 2 is 1.96 bits per heavy atom. The summed E-state index contributed by atoms with van der Waals surface area (Å²) in [5, 5.41) is 0.274. The number of rotatable bonds is 7. The van der Waals surface area contributed by atoms with Gasteiger partial charge in [0.1, 0.15) is 5.75 Å². The zero-order chi connectivity index (χ0) is 18.4. The minimum absolute atomic E-state index is 0.00729. The lowest BCUT2D eigenvalue weighted by atomic mass is 10.0. The maximum absolute atomic E-state index is 12.9. The minimum atomic E-state index is -2.91. The molecule has 0 fully saturated rings. The monoisotopic (exact) mass is 364 g/mol. The summed E-state index contributed by atoms with van der Waals surface area (Å²) in [6.07, 6.45) is 3.57. The van der Waals surface area contributed by atoms with Gasteiger partial charge in [-0.05, 0) is 49.2 Å². The number of ether oxygens (including phenoxy) is 1. The van der Waals surface area contributed by atoms with Crippen molar-refractivity contribution in [2.24, 2.45) is 4.99 Å². The molecule has 0 saturated heterocycles. The predicted molar refractivity (Wildman–Crippen MR) is 93.2 cm³/mol. The topological polar surface area (TPSA) is 42.5 Å².